The van der Waals surface area contributed by atoms with Gasteiger partial charge in [0.25, 0.3) is 0 Å². The number of carbonyl (C=O) groups excluding carboxylic acids is 1. The second-order valence-corrected chi connectivity index (χ2v) is 6.11. The van der Waals surface area contributed by atoms with Gasteiger partial charge in [-0.3, -0.25) is 9.00 Å². The van der Waals surface area contributed by atoms with E-state index in [9.17, 15) is 9.00 Å². The summed E-state index contributed by atoms with van der Waals surface area (Å²) in [5, 5.41) is 2.81. The van der Waals surface area contributed by atoms with E-state index in [1.807, 2.05) is 18.2 Å². The normalized spacial score (nSPS) is 13.8. The molecule has 0 aliphatic rings. The molecular formula is C14H22N2O2S. The van der Waals surface area contributed by atoms with E-state index < -0.39 is 16.8 Å². The third-order valence-electron chi connectivity index (χ3n) is 2.84. The van der Waals surface area contributed by atoms with E-state index in [1.54, 1.807) is 6.26 Å². The number of amides is 1. The maximum atomic E-state index is 11.6. The molecule has 1 aromatic rings. The summed E-state index contributed by atoms with van der Waals surface area (Å²) in [6, 6.07) is 9.60. The predicted octanol–water partition coefficient (Wildman–Crippen LogP) is 0.831. The van der Waals surface area contributed by atoms with Crippen molar-refractivity contribution < 1.29 is 9.00 Å². The molecule has 1 amide bonds. The van der Waals surface area contributed by atoms with E-state index >= 15 is 0 Å². The van der Waals surface area contributed by atoms with Gasteiger partial charge in [0.2, 0.25) is 5.91 Å². The Balaban J connectivity index is 2.15. The molecule has 0 bridgehead atoms. The molecule has 106 valence electrons. The number of hydrogen-bond acceptors (Lipinski definition) is 3. The van der Waals surface area contributed by atoms with Crippen LogP contribution in [0.2, 0.25) is 0 Å². The first kappa shape index (κ1) is 15.9. The number of rotatable bonds is 8. The lowest BCUT2D eigenvalue weighted by molar-refractivity contribution is -0.122. The number of aryl methyl sites for hydroxylation is 1. The van der Waals surface area contributed by atoms with Crippen molar-refractivity contribution in [1.82, 2.24) is 5.32 Å². The van der Waals surface area contributed by atoms with Crippen LogP contribution in [-0.4, -0.2) is 34.7 Å². The van der Waals surface area contributed by atoms with E-state index in [0.717, 1.165) is 12.8 Å². The van der Waals surface area contributed by atoms with Crippen LogP contribution in [0.3, 0.4) is 0 Å². The Bertz CT molecular complexity index is 409. The Morgan fingerprint density at radius 1 is 1.37 bits per heavy atom. The monoisotopic (exact) mass is 282 g/mol. The molecule has 0 aromatic heterocycles. The van der Waals surface area contributed by atoms with Crippen LogP contribution in [0.4, 0.5) is 0 Å². The van der Waals surface area contributed by atoms with Crippen LogP contribution in [0.25, 0.3) is 0 Å². The maximum Gasteiger partial charge on any atom is 0.236 e. The number of nitrogens with one attached hydrogen (secondary N) is 1. The zero-order chi connectivity index (χ0) is 14.1. The van der Waals surface area contributed by atoms with Crippen molar-refractivity contribution in [2.45, 2.75) is 25.3 Å². The van der Waals surface area contributed by atoms with Gasteiger partial charge in [-0.1, -0.05) is 30.3 Å². The van der Waals surface area contributed by atoms with Crippen LogP contribution in [0.15, 0.2) is 30.3 Å². The Kier molecular flexibility index (Phi) is 7.36. The Hall–Kier alpha value is -1.20. The lowest BCUT2D eigenvalue weighted by Crippen LogP contribution is -2.41. The molecule has 2 atom stereocenters. The van der Waals surface area contributed by atoms with E-state index in [1.165, 1.54) is 5.56 Å². The van der Waals surface area contributed by atoms with Gasteiger partial charge in [0.05, 0.1) is 6.04 Å². The van der Waals surface area contributed by atoms with Crippen molar-refractivity contribution in [1.29, 1.82) is 0 Å². The van der Waals surface area contributed by atoms with Crippen molar-refractivity contribution in [3.05, 3.63) is 35.9 Å². The van der Waals surface area contributed by atoms with Gasteiger partial charge in [-0.05, 0) is 24.8 Å². The number of hydrogen-bond donors (Lipinski definition) is 2. The summed E-state index contributed by atoms with van der Waals surface area (Å²) in [4.78, 5) is 11.6. The molecule has 1 rings (SSSR count). The standard InChI is InChI=1S/C14H22N2O2S/c1-19(18)11-9-13(15)14(17)16-10-5-8-12-6-3-2-4-7-12/h2-4,6-7,13H,5,8-11,15H2,1H3,(H,16,17)/t13-,19?/m0/s1. The summed E-state index contributed by atoms with van der Waals surface area (Å²) in [6.45, 7) is 0.622. The first-order valence-electron chi connectivity index (χ1n) is 6.47. The molecular weight excluding hydrogens is 260 g/mol. The Morgan fingerprint density at radius 2 is 2.05 bits per heavy atom. The van der Waals surface area contributed by atoms with Gasteiger partial charge in [0.1, 0.15) is 0 Å². The lowest BCUT2D eigenvalue weighted by atomic mass is 10.1. The highest BCUT2D eigenvalue weighted by Gasteiger charge is 2.12. The van der Waals surface area contributed by atoms with Crippen molar-refractivity contribution in [3.8, 4) is 0 Å². The SMILES string of the molecule is CS(=O)CC[C@H](N)C(=O)NCCCc1ccccc1. The summed E-state index contributed by atoms with van der Waals surface area (Å²) < 4.78 is 10.9. The minimum atomic E-state index is -0.895. The highest BCUT2D eigenvalue weighted by atomic mass is 32.2. The highest BCUT2D eigenvalue weighted by molar-refractivity contribution is 7.84. The van der Waals surface area contributed by atoms with Crippen LogP contribution in [0.1, 0.15) is 18.4 Å². The van der Waals surface area contributed by atoms with Crippen molar-refractivity contribution >= 4 is 16.7 Å². The first-order chi connectivity index (χ1) is 9.09. The van der Waals surface area contributed by atoms with Crippen LogP contribution < -0.4 is 11.1 Å². The molecule has 3 N–H and O–H groups in total. The van der Waals surface area contributed by atoms with E-state index in [4.69, 9.17) is 5.73 Å². The van der Waals surface area contributed by atoms with Crippen LogP contribution >= 0.6 is 0 Å². The number of carbonyl (C=O) groups is 1. The van der Waals surface area contributed by atoms with Gasteiger partial charge >= 0.3 is 0 Å². The molecule has 0 heterocycles. The van der Waals surface area contributed by atoms with Crippen LogP contribution in [0.5, 0.6) is 0 Å². The quantitative estimate of drug-likeness (QED) is 0.694. The molecule has 0 aliphatic heterocycles. The topological polar surface area (TPSA) is 72.2 Å². The minimum absolute atomic E-state index is 0.154. The number of nitrogens with two attached hydrogens (primary N) is 1. The average molecular weight is 282 g/mol. The first-order valence-corrected chi connectivity index (χ1v) is 8.19. The van der Waals surface area contributed by atoms with Crippen LogP contribution in [-0.2, 0) is 22.0 Å². The fourth-order valence-electron chi connectivity index (χ4n) is 1.70. The third kappa shape index (κ3) is 7.08. The van der Waals surface area contributed by atoms with Crippen LogP contribution in [0, 0.1) is 0 Å². The molecule has 1 unspecified atom stereocenters. The summed E-state index contributed by atoms with van der Waals surface area (Å²) in [5.41, 5.74) is 6.98. The van der Waals surface area contributed by atoms with Gasteiger partial charge in [0.15, 0.2) is 0 Å². The summed E-state index contributed by atoms with van der Waals surface area (Å²) >= 11 is 0. The lowest BCUT2D eigenvalue weighted by Gasteiger charge is -2.11. The summed E-state index contributed by atoms with van der Waals surface area (Å²) in [7, 11) is -0.895. The van der Waals surface area contributed by atoms with E-state index in [2.05, 4.69) is 17.4 Å². The van der Waals surface area contributed by atoms with Crippen molar-refractivity contribution in [3.63, 3.8) is 0 Å². The molecule has 19 heavy (non-hydrogen) atoms. The minimum Gasteiger partial charge on any atom is -0.355 e. The zero-order valence-corrected chi connectivity index (χ0v) is 12.1. The van der Waals surface area contributed by atoms with Crippen molar-refractivity contribution in [2.24, 2.45) is 5.73 Å². The number of benzene rings is 1. The van der Waals surface area contributed by atoms with Gasteiger partial charge in [-0.25, -0.2) is 0 Å². The predicted molar refractivity (Wildman–Crippen MR) is 79.3 cm³/mol. The summed E-state index contributed by atoms with van der Waals surface area (Å²) in [6.07, 6.45) is 3.91. The molecule has 0 fully saturated rings. The second kappa shape index (κ2) is 8.82. The molecule has 0 radical (unpaired) electrons. The molecule has 0 saturated carbocycles. The zero-order valence-electron chi connectivity index (χ0n) is 11.3. The molecule has 0 aliphatic carbocycles. The highest BCUT2D eigenvalue weighted by Crippen LogP contribution is 2.01. The van der Waals surface area contributed by atoms with Gasteiger partial charge in [0, 0.05) is 29.4 Å². The second-order valence-electron chi connectivity index (χ2n) is 4.55. The summed E-state index contributed by atoms with van der Waals surface area (Å²) in [5.74, 6) is 0.317. The Labute approximate surface area is 117 Å². The van der Waals surface area contributed by atoms with Gasteiger partial charge in [-0.15, -0.1) is 0 Å². The molecule has 0 saturated heterocycles. The Morgan fingerprint density at radius 3 is 2.68 bits per heavy atom. The average Bonchev–Trinajstić information content (AvgIpc) is 2.41. The van der Waals surface area contributed by atoms with E-state index in [0.29, 0.717) is 18.7 Å². The fraction of sp³-hybridized carbons (Fsp3) is 0.500. The van der Waals surface area contributed by atoms with E-state index in [-0.39, 0.29) is 5.91 Å². The fourth-order valence-corrected chi connectivity index (χ4v) is 2.29. The molecule has 4 nitrogen and oxygen atoms in total. The smallest absolute Gasteiger partial charge is 0.236 e. The maximum absolute atomic E-state index is 11.6. The van der Waals surface area contributed by atoms with Gasteiger partial charge in [-0.2, -0.15) is 0 Å². The molecule has 0 spiro atoms. The third-order valence-corrected chi connectivity index (χ3v) is 3.65. The van der Waals surface area contributed by atoms with Crippen molar-refractivity contribution in [2.75, 3.05) is 18.6 Å². The van der Waals surface area contributed by atoms with Gasteiger partial charge < -0.3 is 11.1 Å². The largest absolute Gasteiger partial charge is 0.355 e. The molecule has 1 aromatic carbocycles. The molecule has 5 heteroatoms.